The van der Waals surface area contributed by atoms with Gasteiger partial charge in [-0.25, -0.2) is 0 Å². The summed E-state index contributed by atoms with van der Waals surface area (Å²) in [4.78, 5) is 4.22. The highest BCUT2D eigenvalue weighted by Crippen LogP contribution is 2.30. The maximum Gasteiger partial charge on any atom is 0.141 e. The Balaban J connectivity index is 2.51. The number of rotatable bonds is 0. The molecule has 52 valence electrons. The molecule has 2 heterocycles. The fourth-order valence-corrected chi connectivity index (χ4v) is 1.19. The lowest BCUT2D eigenvalue weighted by atomic mass is 10.1. The molecule has 0 aromatic carbocycles. The summed E-state index contributed by atoms with van der Waals surface area (Å²) >= 11 is 0. The first-order chi connectivity index (χ1) is 4.88. The Morgan fingerprint density at radius 2 is 2.60 bits per heavy atom. The average molecular weight is 135 g/mol. The van der Waals surface area contributed by atoms with Crippen molar-refractivity contribution in [1.82, 2.24) is 4.98 Å². The molecule has 0 aliphatic carbocycles. The third-order valence-electron chi connectivity index (χ3n) is 1.76. The second-order valence-corrected chi connectivity index (χ2v) is 2.60. The van der Waals surface area contributed by atoms with Crippen LogP contribution in [0.5, 0.6) is 5.75 Å². The van der Waals surface area contributed by atoms with Gasteiger partial charge in [0.2, 0.25) is 0 Å². The number of hydrogen-bond acceptors (Lipinski definition) is 2. The third kappa shape index (κ3) is 0.685. The van der Waals surface area contributed by atoms with Crippen LogP contribution in [0.15, 0.2) is 18.3 Å². The summed E-state index contributed by atoms with van der Waals surface area (Å²) in [5.41, 5.74) is 1.10. The Morgan fingerprint density at radius 1 is 1.70 bits per heavy atom. The molecule has 0 amide bonds. The van der Waals surface area contributed by atoms with Crippen LogP contribution in [0.4, 0.5) is 0 Å². The highest BCUT2D eigenvalue weighted by molar-refractivity contribution is 5.32. The van der Waals surface area contributed by atoms with Gasteiger partial charge in [0.15, 0.2) is 0 Å². The van der Waals surface area contributed by atoms with Crippen LogP contribution in [0, 0.1) is 0 Å². The van der Waals surface area contributed by atoms with Crippen LogP contribution in [-0.2, 0) is 0 Å². The van der Waals surface area contributed by atoms with Gasteiger partial charge < -0.3 is 4.74 Å². The molecule has 0 bridgehead atoms. The predicted molar refractivity (Wildman–Crippen MR) is 38.1 cm³/mol. The molecule has 0 radical (unpaired) electrons. The second kappa shape index (κ2) is 1.97. The first kappa shape index (κ1) is 5.71. The van der Waals surface area contributed by atoms with E-state index < -0.39 is 0 Å². The van der Waals surface area contributed by atoms with Gasteiger partial charge in [0.05, 0.1) is 12.3 Å². The van der Waals surface area contributed by atoms with E-state index in [-0.39, 0.29) is 0 Å². The lowest BCUT2D eigenvalue weighted by Gasteiger charge is -1.95. The smallest absolute Gasteiger partial charge is 0.141 e. The highest BCUT2D eigenvalue weighted by atomic mass is 16.5. The summed E-state index contributed by atoms with van der Waals surface area (Å²) in [6.07, 6.45) is 1.81. The summed E-state index contributed by atoms with van der Waals surface area (Å²) in [7, 11) is 0. The summed E-state index contributed by atoms with van der Waals surface area (Å²) in [6, 6.07) is 3.86. The quantitative estimate of drug-likeness (QED) is 0.538. The molecule has 1 aromatic rings. The van der Waals surface area contributed by atoms with Gasteiger partial charge in [0.1, 0.15) is 5.75 Å². The SMILES string of the molecule is CC1COc2cccnc21. The van der Waals surface area contributed by atoms with Crippen LogP contribution in [0.3, 0.4) is 0 Å². The molecular weight excluding hydrogens is 126 g/mol. The van der Waals surface area contributed by atoms with Crippen LogP contribution in [0.25, 0.3) is 0 Å². The van der Waals surface area contributed by atoms with Crippen LogP contribution < -0.4 is 4.74 Å². The van der Waals surface area contributed by atoms with Crippen molar-refractivity contribution in [3.63, 3.8) is 0 Å². The first-order valence-corrected chi connectivity index (χ1v) is 3.45. The normalized spacial score (nSPS) is 21.9. The second-order valence-electron chi connectivity index (χ2n) is 2.60. The number of ether oxygens (including phenoxy) is 1. The number of fused-ring (bicyclic) bond motifs is 1. The van der Waals surface area contributed by atoms with Gasteiger partial charge in [-0.05, 0) is 12.1 Å². The van der Waals surface area contributed by atoms with Crippen LogP contribution in [-0.4, -0.2) is 11.6 Å². The fraction of sp³-hybridized carbons (Fsp3) is 0.375. The Morgan fingerprint density at radius 3 is 3.40 bits per heavy atom. The van der Waals surface area contributed by atoms with E-state index in [9.17, 15) is 0 Å². The Labute approximate surface area is 59.9 Å². The Hall–Kier alpha value is -1.05. The van der Waals surface area contributed by atoms with Gasteiger partial charge >= 0.3 is 0 Å². The molecule has 2 heteroatoms. The molecule has 1 aliphatic heterocycles. The minimum atomic E-state index is 0.469. The van der Waals surface area contributed by atoms with E-state index in [1.165, 1.54) is 0 Å². The minimum absolute atomic E-state index is 0.469. The molecule has 2 rings (SSSR count). The maximum absolute atomic E-state index is 5.35. The minimum Gasteiger partial charge on any atom is -0.491 e. The standard InChI is InChI=1S/C8H9NO/c1-6-5-10-7-3-2-4-9-8(6)7/h2-4,6H,5H2,1H3. The van der Waals surface area contributed by atoms with Gasteiger partial charge in [0.25, 0.3) is 0 Å². The molecule has 1 aliphatic rings. The largest absolute Gasteiger partial charge is 0.491 e. The van der Waals surface area contributed by atoms with Gasteiger partial charge in [-0.3, -0.25) is 4.98 Å². The van der Waals surface area contributed by atoms with Crippen molar-refractivity contribution in [3.05, 3.63) is 24.0 Å². The zero-order valence-corrected chi connectivity index (χ0v) is 5.87. The topological polar surface area (TPSA) is 22.1 Å². The lowest BCUT2D eigenvalue weighted by Crippen LogP contribution is -1.94. The molecule has 0 N–H and O–H groups in total. The van der Waals surface area contributed by atoms with Crippen molar-refractivity contribution in [1.29, 1.82) is 0 Å². The third-order valence-corrected chi connectivity index (χ3v) is 1.76. The monoisotopic (exact) mass is 135 g/mol. The van der Waals surface area contributed by atoms with Crippen molar-refractivity contribution < 1.29 is 4.74 Å². The van der Waals surface area contributed by atoms with E-state index in [1.807, 2.05) is 18.3 Å². The zero-order valence-electron chi connectivity index (χ0n) is 5.87. The number of hydrogen-bond donors (Lipinski definition) is 0. The molecule has 0 fully saturated rings. The van der Waals surface area contributed by atoms with Crippen molar-refractivity contribution in [2.24, 2.45) is 0 Å². The molecule has 0 spiro atoms. The molecule has 1 atom stereocenters. The van der Waals surface area contributed by atoms with Crippen LogP contribution >= 0.6 is 0 Å². The number of pyridine rings is 1. The van der Waals surface area contributed by atoms with E-state index in [0.717, 1.165) is 18.1 Å². The van der Waals surface area contributed by atoms with Crippen molar-refractivity contribution in [2.75, 3.05) is 6.61 Å². The Kier molecular flexibility index (Phi) is 1.13. The predicted octanol–water partition coefficient (Wildman–Crippen LogP) is 1.58. The maximum atomic E-state index is 5.35. The highest BCUT2D eigenvalue weighted by Gasteiger charge is 2.19. The van der Waals surface area contributed by atoms with Crippen molar-refractivity contribution >= 4 is 0 Å². The molecule has 1 unspecified atom stereocenters. The molecular formula is C8H9NO. The van der Waals surface area contributed by atoms with E-state index in [0.29, 0.717) is 5.92 Å². The van der Waals surface area contributed by atoms with E-state index in [1.54, 1.807) is 0 Å². The summed E-state index contributed by atoms with van der Waals surface area (Å²) in [5, 5.41) is 0. The summed E-state index contributed by atoms with van der Waals surface area (Å²) < 4.78 is 5.35. The number of nitrogens with zero attached hydrogens (tertiary/aromatic N) is 1. The van der Waals surface area contributed by atoms with Crippen molar-refractivity contribution in [3.8, 4) is 5.75 Å². The van der Waals surface area contributed by atoms with Gasteiger partial charge in [0, 0.05) is 12.1 Å². The van der Waals surface area contributed by atoms with Crippen LogP contribution in [0.2, 0.25) is 0 Å². The zero-order chi connectivity index (χ0) is 6.97. The van der Waals surface area contributed by atoms with Gasteiger partial charge in [-0.2, -0.15) is 0 Å². The first-order valence-electron chi connectivity index (χ1n) is 3.45. The molecule has 1 aromatic heterocycles. The molecule has 0 saturated carbocycles. The Bertz CT molecular complexity index is 247. The molecule has 10 heavy (non-hydrogen) atoms. The summed E-state index contributed by atoms with van der Waals surface area (Å²) in [5.74, 6) is 1.42. The van der Waals surface area contributed by atoms with Crippen molar-refractivity contribution in [2.45, 2.75) is 12.8 Å². The number of aromatic nitrogens is 1. The van der Waals surface area contributed by atoms with Crippen LogP contribution in [0.1, 0.15) is 18.5 Å². The van der Waals surface area contributed by atoms with Gasteiger partial charge in [-0.1, -0.05) is 6.92 Å². The lowest BCUT2D eigenvalue weighted by molar-refractivity contribution is 0.337. The fourth-order valence-electron chi connectivity index (χ4n) is 1.19. The van der Waals surface area contributed by atoms with E-state index in [2.05, 4.69) is 11.9 Å². The van der Waals surface area contributed by atoms with Gasteiger partial charge in [-0.15, -0.1) is 0 Å². The average Bonchev–Trinajstić information content (AvgIpc) is 2.34. The van der Waals surface area contributed by atoms with E-state index >= 15 is 0 Å². The van der Waals surface area contributed by atoms with E-state index in [4.69, 9.17) is 4.74 Å². The molecule has 2 nitrogen and oxygen atoms in total. The summed E-state index contributed by atoms with van der Waals surface area (Å²) in [6.45, 7) is 2.91. The molecule has 0 saturated heterocycles.